The van der Waals surface area contributed by atoms with Gasteiger partial charge in [-0.3, -0.25) is 4.79 Å². The number of nitrogens with zero attached hydrogens (tertiary/aromatic N) is 2. The number of rotatable bonds is 4. The van der Waals surface area contributed by atoms with E-state index in [9.17, 15) is 4.79 Å². The molecule has 1 aliphatic carbocycles. The summed E-state index contributed by atoms with van der Waals surface area (Å²) in [5.41, 5.74) is 8.44. The van der Waals surface area contributed by atoms with Crippen molar-refractivity contribution in [2.75, 3.05) is 0 Å². The summed E-state index contributed by atoms with van der Waals surface area (Å²) in [4.78, 5) is 12.7. The Labute approximate surface area is 131 Å². The minimum atomic E-state index is 0.185. The molecule has 3 rings (SSSR count). The van der Waals surface area contributed by atoms with E-state index in [1.807, 2.05) is 43.3 Å². The van der Waals surface area contributed by atoms with E-state index < -0.39 is 0 Å². The second-order valence-corrected chi connectivity index (χ2v) is 6.33. The van der Waals surface area contributed by atoms with Crippen molar-refractivity contribution < 1.29 is 4.79 Å². The molecule has 1 saturated carbocycles. The lowest BCUT2D eigenvalue weighted by molar-refractivity contribution is 0.0940. The minimum Gasteiger partial charge on any atom is -0.328 e. The van der Waals surface area contributed by atoms with E-state index in [1.54, 1.807) is 4.68 Å². The van der Waals surface area contributed by atoms with Crippen molar-refractivity contribution in [3.05, 3.63) is 47.8 Å². The number of benzene rings is 1. The van der Waals surface area contributed by atoms with E-state index in [0.717, 1.165) is 37.1 Å². The molecule has 0 atom stereocenters. The van der Waals surface area contributed by atoms with Crippen LogP contribution in [0.25, 0.3) is 5.69 Å². The van der Waals surface area contributed by atoms with Crippen molar-refractivity contribution in [3.63, 3.8) is 0 Å². The molecule has 1 aromatic carbocycles. The highest BCUT2D eigenvalue weighted by Crippen LogP contribution is 2.27. The third kappa shape index (κ3) is 3.28. The molecule has 0 aliphatic heterocycles. The second kappa shape index (κ2) is 6.44. The van der Waals surface area contributed by atoms with Crippen LogP contribution in [0, 0.1) is 12.8 Å². The van der Waals surface area contributed by atoms with Crippen LogP contribution in [0.4, 0.5) is 0 Å². The summed E-state index contributed by atoms with van der Waals surface area (Å²) in [6, 6.07) is 12.1. The van der Waals surface area contributed by atoms with Crippen LogP contribution in [-0.2, 0) is 0 Å². The Balaban J connectivity index is 1.78. The smallest absolute Gasteiger partial charge is 0.181 e. The van der Waals surface area contributed by atoms with Crippen molar-refractivity contribution in [1.82, 2.24) is 9.78 Å². The number of ketones is 1. The van der Waals surface area contributed by atoms with Gasteiger partial charge in [-0.25, -0.2) is 4.68 Å². The van der Waals surface area contributed by atoms with Crippen molar-refractivity contribution in [2.45, 2.75) is 45.1 Å². The number of aryl methyl sites for hydroxylation is 1. The van der Waals surface area contributed by atoms with Gasteiger partial charge in [0.1, 0.15) is 5.69 Å². The molecule has 4 nitrogen and oxygen atoms in total. The van der Waals surface area contributed by atoms with Crippen molar-refractivity contribution >= 4 is 5.78 Å². The van der Waals surface area contributed by atoms with Crippen molar-refractivity contribution in [1.29, 1.82) is 0 Å². The zero-order valence-electron chi connectivity index (χ0n) is 13.0. The van der Waals surface area contributed by atoms with Gasteiger partial charge in [-0.15, -0.1) is 0 Å². The van der Waals surface area contributed by atoms with Gasteiger partial charge < -0.3 is 5.73 Å². The summed E-state index contributed by atoms with van der Waals surface area (Å²) in [5.74, 6) is 0.650. The van der Waals surface area contributed by atoms with Crippen LogP contribution in [-0.4, -0.2) is 21.6 Å². The average molecular weight is 297 g/mol. The molecule has 4 heteroatoms. The molecule has 22 heavy (non-hydrogen) atoms. The summed E-state index contributed by atoms with van der Waals surface area (Å²) in [7, 11) is 0. The molecule has 0 spiro atoms. The largest absolute Gasteiger partial charge is 0.328 e. The topological polar surface area (TPSA) is 60.9 Å². The first-order valence-electron chi connectivity index (χ1n) is 8.04. The van der Waals surface area contributed by atoms with Crippen LogP contribution in [0.2, 0.25) is 0 Å². The van der Waals surface area contributed by atoms with Crippen LogP contribution in [0.5, 0.6) is 0 Å². The van der Waals surface area contributed by atoms with Crippen molar-refractivity contribution in [3.8, 4) is 5.69 Å². The quantitative estimate of drug-likeness (QED) is 0.881. The second-order valence-electron chi connectivity index (χ2n) is 6.33. The van der Waals surface area contributed by atoms with Gasteiger partial charge >= 0.3 is 0 Å². The van der Waals surface area contributed by atoms with Crippen LogP contribution in [0.15, 0.2) is 36.4 Å². The van der Waals surface area contributed by atoms with E-state index >= 15 is 0 Å². The predicted octanol–water partition coefficient (Wildman–Crippen LogP) is 3.27. The fourth-order valence-electron chi connectivity index (χ4n) is 3.22. The summed E-state index contributed by atoms with van der Waals surface area (Å²) in [6.07, 6.45) is 4.80. The lowest BCUT2D eigenvalue weighted by Gasteiger charge is -2.25. The molecule has 0 saturated heterocycles. The number of Topliss-reactive ketones (excluding diaryl/α,β-unsaturated/α-hetero) is 1. The van der Waals surface area contributed by atoms with Crippen LogP contribution < -0.4 is 5.73 Å². The summed E-state index contributed by atoms with van der Waals surface area (Å²) < 4.78 is 1.77. The minimum absolute atomic E-state index is 0.185. The number of para-hydroxylation sites is 1. The Morgan fingerprint density at radius 1 is 1.23 bits per heavy atom. The first kappa shape index (κ1) is 15.0. The maximum atomic E-state index is 12.7. The van der Waals surface area contributed by atoms with Crippen molar-refractivity contribution in [2.24, 2.45) is 11.7 Å². The van der Waals surface area contributed by atoms with Gasteiger partial charge in [-0.1, -0.05) is 18.2 Å². The SMILES string of the molecule is Cc1cc(C(=O)CC2CCC(N)CC2)n(-c2ccccc2)n1. The Hall–Kier alpha value is -1.94. The highest BCUT2D eigenvalue weighted by atomic mass is 16.1. The van der Waals surface area contributed by atoms with Gasteiger partial charge in [0.15, 0.2) is 5.78 Å². The summed E-state index contributed by atoms with van der Waals surface area (Å²) in [5, 5.41) is 4.48. The normalized spacial score (nSPS) is 21.7. The first-order chi connectivity index (χ1) is 10.6. The molecule has 116 valence electrons. The molecule has 1 aliphatic rings. The number of hydrogen-bond acceptors (Lipinski definition) is 3. The zero-order chi connectivity index (χ0) is 15.5. The van der Waals surface area contributed by atoms with Crippen LogP contribution >= 0.6 is 0 Å². The number of carbonyl (C=O) groups is 1. The molecule has 0 unspecified atom stereocenters. The Morgan fingerprint density at radius 2 is 1.91 bits per heavy atom. The molecule has 1 heterocycles. The zero-order valence-corrected chi connectivity index (χ0v) is 13.0. The lowest BCUT2D eigenvalue weighted by Crippen LogP contribution is -2.27. The molecule has 2 aromatic rings. The molecule has 0 bridgehead atoms. The standard InChI is InChI=1S/C18H23N3O/c1-13-11-17(21(20-13)16-5-3-2-4-6-16)18(22)12-14-7-9-15(19)10-8-14/h2-6,11,14-15H,7-10,12,19H2,1H3. The van der Waals surface area contributed by atoms with Gasteiger partial charge in [0.25, 0.3) is 0 Å². The van der Waals surface area contributed by atoms with Crippen LogP contribution in [0.3, 0.4) is 0 Å². The van der Waals surface area contributed by atoms with E-state index in [0.29, 0.717) is 24.1 Å². The summed E-state index contributed by atoms with van der Waals surface area (Å²) >= 11 is 0. The van der Waals surface area contributed by atoms with Gasteiger partial charge in [0.05, 0.1) is 11.4 Å². The first-order valence-corrected chi connectivity index (χ1v) is 8.04. The van der Waals surface area contributed by atoms with Gasteiger partial charge in [0.2, 0.25) is 0 Å². The van der Waals surface area contributed by atoms with Gasteiger partial charge in [0, 0.05) is 12.5 Å². The fourth-order valence-corrected chi connectivity index (χ4v) is 3.22. The molecule has 2 N–H and O–H groups in total. The maximum absolute atomic E-state index is 12.7. The van der Waals surface area contributed by atoms with E-state index in [2.05, 4.69) is 5.10 Å². The molecule has 1 aromatic heterocycles. The number of nitrogens with two attached hydrogens (primary N) is 1. The number of hydrogen-bond donors (Lipinski definition) is 1. The third-order valence-corrected chi connectivity index (χ3v) is 4.48. The van der Waals surface area contributed by atoms with Gasteiger partial charge in [-0.05, 0) is 56.7 Å². The molecular weight excluding hydrogens is 274 g/mol. The Morgan fingerprint density at radius 3 is 2.59 bits per heavy atom. The maximum Gasteiger partial charge on any atom is 0.181 e. The number of aromatic nitrogens is 2. The average Bonchev–Trinajstić information content (AvgIpc) is 2.92. The number of carbonyl (C=O) groups excluding carboxylic acids is 1. The Bertz CT molecular complexity index is 640. The van der Waals surface area contributed by atoms with E-state index in [4.69, 9.17) is 5.73 Å². The van der Waals surface area contributed by atoms with Crippen LogP contribution in [0.1, 0.15) is 48.3 Å². The summed E-state index contributed by atoms with van der Waals surface area (Å²) in [6.45, 7) is 1.93. The van der Waals surface area contributed by atoms with E-state index in [1.165, 1.54) is 0 Å². The Kier molecular flexibility index (Phi) is 4.39. The van der Waals surface area contributed by atoms with Gasteiger partial charge in [-0.2, -0.15) is 5.10 Å². The van der Waals surface area contributed by atoms with E-state index in [-0.39, 0.29) is 5.78 Å². The predicted molar refractivity (Wildman–Crippen MR) is 87.2 cm³/mol. The highest BCUT2D eigenvalue weighted by molar-refractivity contribution is 5.95. The lowest BCUT2D eigenvalue weighted by atomic mass is 9.83. The molecule has 1 fully saturated rings. The third-order valence-electron chi connectivity index (χ3n) is 4.48. The molecular formula is C18H23N3O. The monoisotopic (exact) mass is 297 g/mol. The molecule has 0 radical (unpaired) electrons. The fraction of sp³-hybridized carbons (Fsp3) is 0.444. The molecule has 0 amide bonds. The highest BCUT2D eigenvalue weighted by Gasteiger charge is 2.23.